The van der Waals surface area contributed by atoms with E-state index in [2.05, 4.69) is 34.0 Å². The van der Waals surface area contributed by atoms with Crippen molar-refractivity contribution in [3.8, 4) is 0 Å². The van der Waals surface area contributed by atoms with Crippen LogP contribution in [0.15, 0.2) is 12.4 Å². The van der Waals surface area contributed by atoms with Gasteiger partial charge in [-0.2, -0.15) is 0 Å². The predicted octanol–water partition coefficient (Wildman–Crippen LogP) is 2.21. The molecule has 1 N–H and O–H groups in total. The van der Waals surface area contributed by atoms with Crippen molar-refractivity contribution >= 4 is 5.95 Å². The molecule has 1 aromatic heterocycles. The molecule has 1 aliphatic carbocycles. The Hall–Kier alpha value is -1.16. The Labute approximate surface area is 115 Å². The normalized spacial score (nSPS) is 27.6. The van der Waals surface area contributed by atoms with Crippen LogP contribution in [0, 0.1) is 11.8 Å². The molecule has 2 atom stereocenters. The SMILES string of the molecule is CC1CC(C)CN(c2ncc(CNC3CC3)cn2)C1. The Morgan fingerprint density at radius 3 is 2.37 bits per heavy atom. The molecule has 3 rings (SSSR count). The summed E-state index contributed by atoms with van der Waals surface area (Å²) in [6, 6.07) is 0.739. The van der Waals surface area contributed by atoms with Gasteiger partial charge in [-0.1, -0.05) is 13.8 Å². The third kappa shape index (κ3) is 3.44. The van der Waals surface area contributed by atoms with Gasteiger partial charge in [0.15, 0.2) is 0 Å². The van der Waals surface area contributed by atoms with E-state index in [1.165, 1.54) is 24.8 Å². The van der Waals surface area contributed by atoms with Crippen LogP contribution in [0.5, 0.6) is 0 Å². The fourth-order valence-corrected chi connectivity index (χ4v) is 2.98. The molecule has 2 fully saturated rings. The zero-order valence-electron chi connectivity index (χ0n) is 12.0. The highest BCUT2D eigenvalue weighted by atomic mass is 15.3. The van der Waals surface area contributed by atoms with Gasteiger partial charge >= 0.3 is 0 Å². The van der Waals surface area contributed by atoms with E-state index in [1.807, 2.05) is 12.4 Å². The van der Waals surface area contributed by atoms with Crippen LogP contribution in [0.2, 0.25) is 0 Å². The highest BCUT2D eigenvalue weighted by Gasteiger charge is 2.23. The molecule has 2 heterocycles. The molecule has 4 nitrogen and oxygen atoms in total. The van der Waals surface area contributed by atoms with Crippen LogP contribution in [0.3, 0.4) is 0 Å². The van der Waals surface area contributed by atoms with Crippen molar-refractivity contribution in [2.45, 2.75) is 45.7 Å². The molecule has 0 amide bonds. The Balaban J connectivity index is 1.60. The maximum Gasteiger partial charge on any atom is 0.225 e. The van der Waals surface area contributed by atoms with Crippen LogP contribution in [0.25, 0.3) is 0 Å². The fraction of sp³-hybridized carbons (Fsp3) is 0.733. The van der Waals surface area contributed by atoms with Gasteiger partial charge in [-0.05, 0) is 31.1 Å². The first kappa shape index (κ1) is 12.9. The van der Waals surface area contributed by atoms with E-state index < -0.39 is 0 Å². The summed E-state index contributed by atoms with van der Waals surface area (Å²) in [7, 11) is 0. The number of hydrogen-bond donors (Lipinski definition) is 1. The average Bonchev–Trinajstić information content (AvgIpc) is 3.20. The van der Waals surface area contributed by atoms with E-state index in [0.29, 0.717) is 0 Å². The van der Waals surface area contributed by atoms with Gasteiger partial charge in [-0.3, -0.25) is 0 Å². The molecule has 104 valence electrons. The molecule has 0 bridgehead atoms. The first-order valence-corrected chi connectivity index (χ1v) is 7.50. The van der Waals surface area contributed by atoms with Crippen molar-refractivity contribution in [2.24, 2.45) is 11.8 Å². The smallest absolute Gasteiger partial charge is 0.225 e. The van der Waals surface area contributed by atoms with Crippen LogP contribution in [-0.4, -0.2) is 29.1 Å². The van der Waals surface area contributed by atoms with Crippen LogP contribution < -0.4 is 10.2 Å². The molecule has 2 aliphatic rings. The van der Waals surface area contributed by atoms with Gasteiger partial charge in [-0.25, -0.2) is 9.97 Å². The number of rotatable bonds is 4. The molecule has 1 saturated carbocycles. The van der Waals surface area contributed by atoms with E-state index in [1.54, 1.807) is 0 Å². The molecular formula is C15H24N4. The van der Waals surface area contributed by atoms with E-state index in [9.17, 15) is 0 Å². The highest BCUT2D eigenvalue weighted by molar-refractivity contribution is 5.31. The molecule has 2 unspecified atom stereocenters. The Morgan fingerprint density at radius 1 is 1.16 bits per heavy atom. The van der Waals surface area contributed by atoms with Gasteiger partial charge in [0, 0.05) is 43.6 Å². The average molecular weight is 260 g/mol. The Kier molecular flexibility index (Phi) is 3.69. The summed E-state index contributed by atoms with van der Waals surface area (Å²) in [6.45, 7) is 7.71. The molecule has 19 heavy (non-hydrogen) atoms. The van der Waals surface area contributed by atoms with Gasteiger partial charge in [0.1, 0.15) is 0 Å². The summed E-state index contributed by atoms with van der Waals surface area (Å²) < 4.78 is 0. The molecule has 1 saturated heterocycles. The summed E-state index contributed by atoms with van der Waals surface area (Å²) in [4.78, 5) is 11.4. The highest BCUT2D eigenvalue weighted by Crippen LogP contribution is 2.24. The topological polar surface area (TPSA) is 41.1 Å². The number of piperidine rings is 1. The predicted molar refractivity (Wildman–Crippen MR) is 77.1 cm³/mol. The minimum absolute atomic E-state index is 0.739. The molecule has 4 heteroatoms. The van der Waals surface area contributed by atoms with Gasteiger partial charge < -0.3 is 10.2 Å². The molecule has 0 spiro atoms. The minimum atomic E-state index is 0.739. The lowest BCUT2D eigenvalue weighted by molar-refractivity contribution is 0.353. The summed E-state index contributed by atoms with van der Waals surface area (Å²) in [5.41, 5.74) is 1.19. The lowest BCUT2D eigenvalue weighted by atomic mass is 9.92. The third-order valence-electron chi connectivity index (χ3n) is 4.02. The maximum absolute atomic E-state index is 4.54. The first-order valence-electron chi connectivity index (χ1n) is 7.50. The Bertz CT molecular complexity index is 403. The summed E-state index contributed by atoms with van der Waals surface area (Å²) in [5.74, 6) is 2.38. The largest absolute Gasteiger partial charge is 0.340 e. The lowest BCUT2D eigenvalue weighted by Crippen LogP contribution is -2.39. The zero-order valence-corrected chi connectivity index (χ0v) is 12.0. The maximum atomic E-state index is 4.54. The molecule has 0 aromatic carbocycles. The number of aromatic nitrogens is 2. The quantitative estimate of drug-likeness (QED) is 0.901. The molecular weight excluding hydrogens is 236 g/mol. The summed E-state index contributed by atoms with van der Waals surface area (Å²) >= 11 is 0. The summed E-state index contributed by atoms with van der Waals surface area (Å²) in [5, 5.41) is 3.49. The minimum Gasteiger partial charge on any atom is -0.340 e. The number of anilines is 1. The van der Waals surface area contributed by atoms with Crippen molar-refractivity contribution in [1.82, 2.24) is 15.3 Å². The van der Waals surface area contributed by atoms with Crippen molar-refractivity contribution < 1.29 is 0 Å². The van der Waals surface area contributed by atoms with E-state index in [0.717, 1.165) is 43.5 Å². The van der Waals surface area contributed by atoms with E-state index in [4.69, 9.17) is 0 Å². The monoisotopic (exact) mass is 260 g/mol. The van der Waals surface area contributed by atoms with Gasteiger partial charge in [-0.15, -0.1) is 0 Å². The number of nitrogens with zero attached hydrogens (tertiary/aromatic N) is 3. The van der Waals surface area contributed by atoms with Gasteiger partial charge in [0.05, 0.1) is 0 Å². The molecule has 1 aromatic rings. The number of hydrogen-bond acceptors (Lipinski definition) is 4. The van der Waals surface area contributed by atoms with Gasteiger partial charge in [0.2, 0.25) is 5.95 Å². The first-order chi connectivity index (χ1) is 9.20. The summed E-state index contributed by atoms with van der Waals surface area (Å²) in [6.07, 6.45) is 7.91. The van der Waals surface area contributed by atoms with E-state index >= 15 is 0 Å². The van der Waals surface area contributed by atoms with Crippen LogP contribution in [-0.2, 0) is 6.54 Å². The lowest BCUT2D eigenvalue weighted by Gasteiger charge is -2.34. The van der Waals surface area contributed by atoms with Crippen LogP contribution in [0.1, 0.15) is 38.7 Å². The van der Waals surface area contributed by atoms with Crippen molar-refractivity contribution in [2.75, 3.05) is 18.0 Å². The fourth-order valence-electron chi connectivity index (χ4n) is 2.98. The number of nitrogens with one attached hydrogen (secondary N) is 1. The van der Waals surface area contributed by atoms with Crippen molar-refractivity contribution in [3.63, 3.8) is 0 Å². The van der Waals surface area contributed by atoms with E-state index in [-0.39, 0.29) is 0 Å². The van der Waals surface area contributed by atoms with Crippen molar-refractivity contribution in [1.29, 1.82) is 0 Å². The molecule has 0 radical (unpaired) electrons. The zero-order chi connectivity index (χ0) is 13.2. The standard InChI is InChI=1S/C15H24N4/c1-11-5-12(2)10-19(9-11)15-17-7-13(8-18-15)6-16-14-3-4-14/h7-8,11-12,14,16H,3-6,9-10H2,1-2H3. The third-order valence-corrected chi connectivity index (χ3v) is 4.02. The molecule has 1 aliphatic heterocycles. The second-order valence-electron chi connectivity index (χ2n) is 6.40. The second kappa shape index (κ2) is 5.45. The van der Waals surface area contributed by atoms with Crippen LogP contribution >= 0.6 is 0 Å². The second-order valence-corrected chi connectivity index (χ2v) is 6.40. The van der Waals surface area contributed by atoms with Crippen LogP contribution in [0.4, 0.5) is 5.95 Å². The Morgan fingerprint density at radius 2 is 1.79 bits per heavy atom. The van der Waals surface area contributed by atoms with Gasteiger partial charge in [0.25, 0.3) is 0 Å². The van der Waals surface area contributed by atoms with Crippen molar-refractivity contribution in [3.05, 3.63) is 18.0 Å².